The van der Waals surface area contributed by atoms with Gasteiger partial charge in [-0.15, -0.1) is 0 Å². The van der Waals surface area contributed by atoms with Crippen LogP contribution >= 0.6 is 11.6 Å². The molecule has 0 fully saturated rings. The van der Waals surface area contributed by atoms with Crippen molar-refractivity contribution in [1.82, 2.24) is 0 Å². The Labute approximate surface area is 179 Å². The Balaban J connectivity index is 1.73. The summed E-state index contributed by atoms with van der Waals surface area (Å²) in [4.78, 5) is 36.2. The van der Waals surface area contributed by atoms with Crippen molar-refractivity contribution in [3.05, 3.63) is 57.6 Å². The number of amides is 1. The quantitative estimate of drug-likeness (QED) is 0.508. The maximum absolute atomic E-state index is 12.7. The summed E-state index contributed by atoms with van der Waals surface area (Å²) in [5.41, 5.74) is 8.09. The van der Waals surface area contributed by atoms with E-state index < -0.39 is 24.6 Å². The second kappa shape index (κ2) is 9.17. The summed E-state index contributed by atoms with van der Waals surface area (Å²) in [7, 11) is 1.36. The van der Waals surface area contributed by atoms with Crippen molar-refractivity contribution in [3.63, 3.8) is 0 Å². The van der Waals surface area contributed by atoms with E-state index in [9.17, 15) is 14.4 Å². The van der Waals surface area contributed by atoms with Gasteiger partial charge in [-0.3, -0.25) is 9.59 Å². The molecule has 158 valence electrons. The third kappa shape index (κ3) is 4.74. The van der Waals surface area contributed by atoms with Crippen LogP contribution in [0.15, 0.2) is 30.3 Å². The van der Waals surface area contributed by atoms with E-state index in [4.69, 9.17) is 31.5 Å². The lowest BCUT2D eigenvalue weighted by molar-refractivity contribution is -0.119. The molecule has 1 aliphatic rings. The fourth-order valence-corrected chi connectivity index (χ4v) is 3.63. The largest absolute Gasteiger partial charge is 0.493 e. The SMILES string of the molecule is COc1cc(C(=O)OC(C)C(=O)c2ccc3c(c2)CCC3)cc(Cl)c1OCC(N)=O. The average Bonchev–Trinajstić information content (AvgIpc) is 3.19. The van der Waals surface area contributed by atoms with Gasteiger partial charge in [0.1, 0.15) is 0 Å². The van der Waals surface area contributed by atoms with E-state index in [1.54, 1.807) is 6.07 Å². The van der Waals surface area contributed by atoms with Crippen molar-refractivity contribution in [2.75, 3.05) is 13.7 Å². The van der Waals surface area contributed by atoms with Gasteiger partial charge >= 0.3 is 5.97 Å². The number of ketones is 1. The van der Waals surface area contributed by atoms with Gasteiger partial charge in [0, 0.05) is 5.56 Å². The minimum absolute atomic E-state index is 0.0418. The molecule has 2 N–H and O–H groups in total. The first-order valence-corrected chi connectivity index (χ1v) is 9.83. The van der Waals surface area contributed by atoms with Crippen LogP contribution in [0.25, 0.3) is 0 Å². The molecule has 0 saturated heterocycles. The monoisotopic (exact) mass is 431 g/mol. The van der Waals surface area contributed by atoms with E-state index >= 15 is 0 Å². The maximum atomic E-state index is 12.7. The summed E-state index contributed by atoms with van der Waals surface area (Å²) in [6.45, 7) is 1.13. The minimum Gasteiger partial charge on any atom is -0.493 e. The summed E-state index contributed by atoms with van der Waals surface area (Å²) in [6.07, 6.45) is 2.08. The number of methoxy groups -OCH3 is 1. The number of hydrogen-bond donors (Lipinski definition) is 1. The molecule has 7 nitrogen and oxygen atoms in total. The number of benzene rings is 2. The molecule has 0 spiro atoms. The van der Waals surface area contributed by atoms with Gasteiger partial charge in [0.25, 0.3) is 5.91 Å². The molecule has 0 aliphatic heterocycles. The highest BCUT2D eigenvalue weighted by Crippen LogP contribution is 2.36. The molecule has 1 atom stereocenters. The van der Waals surface area contributed by atoms with Crippen molar-refractivity contribution in [1.29, 1.82) is 0 Å². The fourth-order valence-electron chi connectivity index (χ4n) is 3.36. The average molecular weight is 432 g/mol. The Kier molecular flexibility index (Phi) is 6.62. The number of esters is 1. The van der Waals surface area contributed by atoms with Crippen LogP contribution in [0.5, 0.6) is 11.5 Å². The van der Waals surface area contributed by atoms with Crippen LogP contribution < -0.4 is 15.2 Å². The van der Waals surface area contributed by atoms with Crippen LogP contribution in [-0.4, -0.2) is 37.5 Å². The normalized spacial score (nSPS) is 13.3. The maximum Gasteiger partial charge on any atom is 0.339 e. The molecule has 1 amide bonds. The van der Waals surface area contributed by atoms with Gasteiger partial charge < -0.3 is 19.9 Å². The first kappa shape index (κ1) is 21.6. The Morgan fingerprint density at radius 1 is 1.10 bits per heavy atom. The van der Waals surface area contributed by atoms with Crippen LogP contribution in [0.1, 0.15) is 45.2 Å². The van der Waals surface area contributed by atoms with E-state index in [1.165, 1.54) is 37.3 Å². The van der Waals surface area contributed by atoms with Crippen molar-refractivity contribution in [2.45, 2.75) is 32.3 Å². The first-order valence-electron chi connectivity index (χ1n) is 9.45. The summed E-state index contributed by atoms with van der Waals surface area (Å²) in [5.74, 6) is -1.49. The molecule has 3 rings (SSSR count). The predicted molar refractivity (Wildman–Crippen MR) is 110 cm³/mol. The van der Waals surface area contributed by atoms with Gasteiger partial charge in [0.15, 0.2) is 24.2 Å². The molecule has 0 radical (unpaired) electrons. The molecule has 1 aliphatic carbocycles. The van der Waals surface area contributed by atoms with Crippen molar-refractivity contribution < 1.29 is 28.6 Å². The zero-order valence-electron chi connectivity index (χ0n) is 16.7. The molecule has 2 aromatic rings. The van der Waals surface area contributed by atoms with Crippen LogP contribution in [0, 0.1) is 0 Å². The number of carbonyl (C=O) groups is 3. The third-order valence-electron chi connectivity index (χ3n) is 4.86. The standard InChI is InChI=1S/C22H22ClNO6/c1-12(20(26)15-7-6-13-4-3-5-14(13)8-15)30-22(27)16-9-17(23)21(18(10-16)28-2)29-11-19(24)25/h6-10,12H,3-5,11H2,1-2H3,(H2,24,25). The van der Waals surface area contributed by atoms with E-state index in [0.29, 0.717) is 5.56 Å². The van der Waals surface area contributed by atoms with Gasteiger partial charge in [0.2, 0.25) is 5.78 Å². The highest BCUT2D eigenvalue weighted by molar-refractivity contribution is 6.32. The van der Waals surface area contributed by atoms with Gasteiger partial charge in [-0.05, 0) is 55.5 Å². The predicted octanol–water partition coefficient (Wildman–Crippen LogP) is 3.13. The number of rotatable bonds is 8. The molecule has 1 unspecified atom stereocenters. The number of nitrogens with two attached hydrogens (primary N) is 1. The number of aryl methyl sites for hydroxylation is 2. The number of fused-ring (bicyclic) bond motifs is 1. The topological polar surface area (TPSA) is 105 Å². The summed E-state index contributed by atoms with van der Waals surface area (Å²) in [5, 5.41) is 0.0418. The van der Waals surface area contributed by atoms with E-state index in [1.807, 2.05) is 12.1 Å². The summed E-state index contributed by atoms with van der Waals surface area (Å²) in [6, 6.07) is 8.27. The van der Waals surface area contributed by atoms with Crippen LogP contribution in [-0.2, 0) is 22.4 Å². The van der Waals surface area contributed by atoms with Gasteiger partial charge in [0.05, 0.1) is 17.7 Å². The summed E-state index contributed by atoms with van der Waals surface area (Å²) >= 11 is 6.16. The number of hydrogen-bond acceptors (Lipinski definition) is 6. The van der Waals surface area contributed by atoms with E-state index in [0.717, 1.165) is 19.3 Å². The molecule has 30 heavy (non-hydrogen) atoms. The number of ether oxygens (including phenoxy) is 3. The second-order valence-electron chi connectivity index (χ2n) is 6.99. The van der Waals surface area contributed by atoms with E-state index in [2.05, 4.69) is 0 Å². The van der Waals surface area contributed by atoms with E-state index in [-0.39, 0.29) is 27.9 Å². The lowest BCUT2D eigenvalue weighted by Gasteiger charge is -2.15. The Morgan fingerprint density at radius 2 is 1.83 bits per heavy atom. The zero-order valence-corrected chi connectivity index (χ0v) is 17.5. The number of primary amides is 1. The minimum atomic E-state index is -0.979. The Morgan fingerprint density at radius 3 is 2.53 bits per heavy atom. The number of Topliss-reactive ketones (excluding diaryl/α,β-unsaturated/α-hetero) is 1. The molecule has 0 bridgehead atoms. The molecule has 2 aromatic carbocycles. The van der Waals surface area contributed by atoms with Crippen molar-refractivity contribution in [2.24, 2.45) is 5.73 Å². The molecule has 0 saturated carbocycles. The molecule has 8 heteroatoms. The van der Waals surface area contributed by atoms with Crippen molar-refractivity contribution in [3.8, 4) is 11.5 Å². The first-order chi connectivity index (χ1) is 14.3. The molecular formula is C22H22ClNO6. The highest BCUT2D eigenvalue weighted by Gasteiger charge is 2.24. The van der Waals surface area contributed by atoms with Gasteiger partial charge in [-0.2, -0.15) is 0 Å². The second-order valence-corrected chi connectivity index (χ2v) is 7.40. The zero-order chi connectivity index (χ0) is 21.8. The van der Waals surface area contributed by atoms with Crippen LogP contribution in [0.4, 0.5) is 0 Å². The highest BCUT2D eigenvalue weighted by atomic mass is 35.5. The Hall–Kier alpha value is -3.06. The van der Waals surface area contributed by atoms with Gasteiger partial charge in [-0.25, -0.2) is 4.79 Å². The lowest BCUT2D eigenvalue weighted by atomic mass is 10.0. The number of carbonyl (C=O) groups excluding carboxylic acids is 3. The van der Waals surface area contributed by atoms with Crippen LogP contribution in [0.3, 0.4) is 0 Å². The van der Waals surface area contributed by atoms with Crippen LogP contribution in [0.2, 0.25) is 5.02 Å². The number of halogens is 1. The summed E-state index contributed by atoms with van der Waals surface area (Å²) < 4.78 is 15.8. The van der Waals surface area contributed by atoms with Gasteiger partial charge in [-0.1, -0.05) is 23.7 Å². The smallest absolute Gasteiger partial charge is 0.339 e. The van der Waals surface area contributed by atoms with Crippen molar-refractivity contribution >= 4 is 29.3 Å². The fraction of sp³-hybridized carbons (Fsp3) is 0.318. The molecule has 0 heterocycles. The molecule has 0 aromatic heterocycles. The Bertz CT molecular complexity index is 1000. The lowest BCUT2D eigenvalue weighted by Crippen LogP contribution is -2.24. The third-order valence-corrected chi connectivity index (χ3v) is 5.14. The molecular weight excluding hydrogens is 410 g/mol.